The molecule has 0 saturated carbocycles. The summed E-state index contributed by atoms with van der Waals surface area (Å²) in [4.78, 5) is 14.2. The number of carbonyl (C=O) groups is 1. The SMILES string of the molecule is CC=C(C=CC(=O)NCC1CC(O)CN1Cc1ccccc1)CC. The first-order valence-corrected chi connectivity index (χ1v) is 8.69. The van der Waals surface area contributed by atoms with E-state index < -0.39 is 0 Å². The van der Waals surface area contributed by atoms with Gasteiger partial charge in [0.05, 0.1) is 6.10 Å². The molecule has 1 saturated heterocycles. The lowest BCUT2D eigenvalue weighted by Crippen LogP contribution is -2.39. The van der Waals surface area contributed by atoms with Gasteiger partial charge in [0, 0.05) is 31.8 Å². The quantitative estimate of drug-likeness (QED) is 0.598. The Morgan fingerprint density at radius 2 is 2.08 bits per heavy atom. The lowest BCUT2D eigenvalue weighted by molar-refractivity contribution is -0.116. The maximum absolute atomic E-state index is 12.0. The highest BCUT2D eigenvalue weighted by atomic mass is 16.3. The summed E-state index contributed by atoms with van der Waals surface area (Å²) in [5.74, 6) is -0.0798. The van der Waals surface area contributed by atoms with Crippen LogP contribution in [0.25, 0.3) is 0 Å². The molecule has 0 radical (unpaired) electrons. The number of allylic oxidation sites excluding steroid dienone is 3. The maximum atomic E-state index is 12.0. The van der Waals surface area contributed by atoms with Gasteiger partial charge in [-0.15, -0.1) is 0 Å². The van der Waals surface area contributed by atoms with Crippen molar-refractivity contribution in [2.75, 3.05) is 13.1 Å². The maximum Gasteiger partial charge on any atom is 0.244 e. The number of aliphatic hydroxyl groups is 1. The monoisotopic (exact) mass is 328 g/mol. The molecule has 2 atom stereocenters. The molecule has 0 spiro atoms. The van der Waals surface area contributed by atoms with Gasteiger partial charge in [-0.25, -0.2) is 0 Å². The molecule has 0 aliphatic carbocycles. The Balaban J connectivity index is 1.86. The molecule has 0 bridgehead atoms. The van der Waals surface area contributed by atoms with E-state index in [2.05, 4.69) is 29.3 Å². The third-order valence-electron chi connectivity index (χ3n) is 4.47. The van der Waals surface area contributed by atoms with Gasteiger partial charge in [-0.05, 0) is 25.3 Å². The summed E-state index contributed by atoms with van der Waals surface area (Å²) in [7, 11) is 0. The number of hydrogen-bond donors (Lipinski definition) is 2. The first-order chi connectivity index (χ1) is 11.6. The van der Waals surface area contributed by atoms with E-state index in [1.807, 2.05) is 37.3 Å². The number of nitrogens with zero attached hydrogens (tertiary/aromatic N) is 1. The highest BCUT2D eigenvalue weighted by Crippen LogP contribution is 2.20. The summed E-state index contributed by atoms with van der Waals surface area (Å²) >= 11 is 0. The zero-order valence-corrected chi connectivity index (χ0v) is 14.6. The summed E-state index contributed by atoms with van der Waals surface area (Å²) in [6.07, 6.45) is 6.76. The van der Waals surface area contributed by atoms with Crippen LogP contribution in [0.5, 0.6) is 0 Å². The van der Waals surface area contributed by atoms with E-state index in [9.17, 15) is 9.90 Å². The third-order valence-corrected chi connectivity index (χ3v) is 4.47. The molecule has 1 aromatic rings. The van der Waals surface area contributed by atoms with Crippen molar-refractivity contribution in [3.63, 3.8) is 0 Å². The van der Waals surface area contributed by atoms with Crippen LogP contribution in [0.2, 0.25) is 0 Å². The fourth-order valence-corrected chi connectivity index (χ4v) is 3.06. The van der Waals surface area contributed by atoms with E-state index in [-0.39, 0.29) is 18.1 Å². The second-order valence-electron chi connectivity index (χ2n) is 6.25. The average Bonchev–Trinajstić information content (AvgIpc) is 2.94. The highest BCUT2D eigenvalue weighted by Gasteiger charge is 2.30. The van der Waals surface area contributed by atoms with Crippen molar-refractivity contribution in [1.82, 2.24) is 10.2 Å². The van der Waals surface area contributed by atoms with E-state index in [4.69, 9.17) is 0 Å². The first kappa shape index (κ1) is 18.4. The van der Waals surface area contributed by atoms with E-state index in [0.717, 1.165) is 18.5 Å². The molecule has 0 aromatic heterocycles. The molecule has 1 aromatic carbocycles. The summed E-state index contributed by atoms with van der Waals surface area (Å²) in [6.45, 7) is 6.06. The molecule has 1 aliphatic rings. The number of rotatable bonds is 7. The molecule has 4 heteroatoms. The Labute approximate surface area is 144 Å². The van der Waals surface area contributed by atoms with Gasteiger partial charge < -0.3 is 10.4 Å². The first-order valence-electron chi connectivity index (χ1n) is 8.69. The van der Waals surface area contributed by atoms with Crippen LogP contribution in [-0.2, 0) is 11.3 Å². The zero-order chi connectivity index (χ0) is 17.4. The van der Waals surface area contributed by atoms with Gasteiger partial charge in [0.15, 0.2) is 0 Å². The molecule has 1 fully saturated rings. The van der Waals surface area contributed by atoms with Gasteiger partial charge in [-0.1, -0.05) is 55.0 Å². The number of hydrogen-bond acceptors (Lipinski definition) is 3. The molecule has 1 aliphatic heterocycles. The molecular formula is C20H28N2O2. The Morgan fingerprint density at radius 1 is 1.33 bits per heavy atom. The second kappa shape index (κ2) is 9.40. The standard InChI is InChI=1S/C20H28N2O2/c1-3-16(4-2)10-11-20(24)21-13-18-12-19(23)15-22(18)14-17-8-6-5-7-9-17/h3,5-11,18-19,23H,4,12-15H2,1-2H3,(H,21,24). The Kier molecular flexibility index (Phi) is 7.22. The summed E-state index contributed by atoms with van der Waals surface area (Å²) < 4.78 is 0. The summed E-state index contributed by atoms with van der Waals surface area (Å²) in [6, 6.07) is 10.4. The lowest BCUT2D eigenvalue weighted by atomic mass is 10.1. The Bertz CT molecular complexity index is 581. The smallest absolute Gasteiger partial charge is 0.244 e. The third kappa shape index (κ3) is 5.62. The molecule has 2 rings (SSSR count). The number of β-amino-alcohol motifs (C(OH)–C–C–N with tert-alkyl or cyclic N) is 1. The normalized spacial score (nSPS) is 22.2. The molecule has 24 heavy (non-hydrogen) atoms. The average molecular weight is 328 g/mol. The van der Waals surface area contributed by atoms with Crippen molar-refractivity contribution >= 4 is 5.91 Å². The van der Waals surface area contributed by atoms with Crippen LogP contribution in [0.15, 0.2) is 54.1 Å². The van der Waals surface area contributed by atoms with Crippen LogP contribution >= 0.6 is 0 Å². The van der Waals surface area contributed by atoms with Crippen molar-refractivity contribution in [3.05, 3.63) is 59.7 Å². The van der Waals surface area contributed by atoms with Crippen molar-refractivity contribution in [1.29, 1.82) is 0 Å². The van der Waals surface area contributed by atoms with Crippen LogP contribution in [0.3, 0.4) is 0 Å². The van der Waals surface area contributed by atoms with Gasteiger partial charge >= 0.3 is 0 Å². The fraction of sp³-hybridized carbons (Fsp3) is 0.450. The minimum absolute atomic E-state index is 0.0798. The summed E-state index contributed by atoms with van der Waals surface area (Å²) in [5.41, 5.74) is 2.37. The van der Waals surface area contributed by atoms with E-state index >= 15 is 0 Å². The van der Waals surface area contributed by atoms with E-state index in [1.165, 1.54) is 5.56 Å². The predicted octanol–water partition coefficient (Wildman–Crippen LogP) is 2.65. The number of nitrogens with one attached hydrogen (secondary N) is 1. The molecule has 2 unspecified atom stereocenters. The van der Waals surface area contributed by atoms with E-state index in [0.29, 0.717) is 19.5 Å². The number of carbonyl (C=O) groups excluding carboxylic acids is 1. The minimum atomic E-state index is -0.319. The van der Waals surface area contributed by atoms with Crippen molar-refractivity contribution in [2.24, 2.45) is 0 Å². The fourth-order valence-electron chi connectivity index (χ4n) is 3.06. The predicted molar refractivity (Wildman–Crippen MR) is 97.5 cm³/mol. The molecule has 4 nitrogen and oxygen atoms in total. The lowest BCUT2D eigenvalue weighted by Gasteiger charge is -2.24. The number of likely N-dealkylation sites (tertiary alicyclic amines) is 1. The van der Waals surface area contributed by atoms with Gasteiger partial charge in [0.25, 0.3) is 0 Å². The molecule has 130 valence electrons. The topological polar surface area (TPSA) is 52.6 Å². The van der Waals surface area contributed by atoms with Gasteiger partial charge in [-0.2, -0.15) is 0 Å². The van der Waals surface area contributed by atoms with Crippen molar-refractivity contribution in [3.8, 4) is 0 Å². The largest absolute Gasteiger partial charge is 0.392 e. The van der Waals surface area contributed by atoms with Gasteiger partial charge in [0.2, 0.25) is 5.91 Å². The van der Waals surface area contributed by atoms with Gasteiger partial charge in [0.1, 0.15) is 0 Å². The Hall–Kier alpha value is -1.91. The number of aliphatic hydroxyl groups excluding tert-OH is 1. The Morgan fingerprint density at radius 3 is 2.75 bits per heavy atom. The van der Waals surface area contributed by atoms with Crippen molar-refractivity contribution in [2.45, 2.75) is 45.4 Å². The van der Waals surface area contributed by atoms with Crippen LogP contribution in [0, 0.1) is 0 Å². The summed E-state index contributed by atoms with van der Waals surface area (Å²) in [5, 5.41) is 12.9. The second-order valence-corrected chi connectivity index (χ2v) is 6.25. The molecule has 1 amide bonds. The van der Waals surface area contributed by atoms with Crippen LogP contribution in [0.4, 0.5) is 0 Å². The van der Waals surface area contributed by atoms with Crippen LogP contribution < -0.4 is 5.32 Å². The minimum Gasteiger partial charge on any atom is -0.392 e. The van der Waals surface area contributed by atoms with Gasteiger partial charge in [-0.3, -0.25) is 9.69 Å². The molecule has 1 heterocycles. The van der Waals surface area contributed by atoms with Crippen molar-refractivity contribution < 1.29 is 9.90 Å². The molecular weight excluding hydrogens is 300 g/mol. The highest BCUT2D eigenvalue weighted by molar-refractivity contribution is 5.87. The van der Waals surface area contributed by atoms with Crippen LogP contribution in [0.1, 0.15) is 32.3 Å². The van der Waals surface area contributed by atoms with Crippen LogP contribution in [-0.4, -0.2) is 41.1 Å². The van der Waals surface area contributed by atoms with E-state index in [1.54, 1.807) is 6.08 Å². The zero-order valence-electron chi connectivity index (χ0n) is 14.6. The number of amides is 1. The number of benzene rings is 1. The molecule has 2 N–H and O–H groups in total.